The number of rotatable bonds is 3. The standard InChI is InChI=1S/C18H16N4OS/c19-10-12-11(9-14(22-18(12)20)13-3-1-7-21-13)16-5-6-17(24-16)15-4-2-8-23-15/h1,3,5-7,9,15,21H,2,4,8H2,(H2,20,22). The highest BCUT2D eigenvalue weighted by Crippen LogP contribution is 2.39. The van der Waals surface area contributed by atoms with Gasteiger partial charge in [0, 0.05) is 28.1 Å². The van der Waals surface area contributed by atoms with Crippen LogP contribution in [0.25, 0.3) is 21.8 Å². The van der Waals surface area contributed by atoms with E-state index < -0.39 is 0 Å². The molecule has 4 heterocycles. The van der Waals surface area contributed by atoms with Crippen LogP contribution in [0.3, 0.4) is 0 Å². The van der Waals surface area contributed by atoms with E-state index in [1.54, 1.807) is 11.3 Å². The number of aromatic nitrogens is 2. The summed E-state index contributed by atoms with van der Waals surface area (Å²) in [4.78, 5) is 9.70. The van der Waals surface area contributed by atoms with Crippen LogP contribution in [0.2, 0.25) is 0 Å². The molecule has 0 radical (unpaired) electrons. The second kappa shape index (κ2) is 6.11. The van der Waals surface area contributed by atoms with Gasteiger partial charge in [0.2, 0.25) is 0 Å². The number of nitrogens with one attached hydrogen (secondary N) is 1. The van der Waals surface area contributed by atoms with Crippen molar-refractivity contribution in [1.29, 1.82) is 5.26 Å². The molecule has 1 saturated heterocycles. The van der Waals surface area contributed by atoms with E-state index in [-0.39, 0.29) is 11.9 Å². The lowest BCUT2D eigenvalue weighted by Crippen LogP contribution is -1.99. The first-order valence-electron chi connectivity index (χ1n) is 7.82. The number of aromatic amines is 1. The molecular formula is C18H16N4OS. The van der Waals surface area contributed by atoms with E-state index in [2.05, 4.69) is 22.1 Å². The Hall–Kier alpha value is -2.62. The Balaban J connectivity index is 1.80. The summed E-state index contributed by atoms with van der Waals surface area (Å²) in [5, 5.41) is 9.50. The van der Waals surface area contributed by atoms with Gasteiger partial charge in [-0.05, 0) is 43.2 Å². The highest BCUT2D eigenvalue weighted by molar-refractivity contribution is 7.15. The van der Waals surface area contributed by atoms with Crippen LogP contribution >= 0.6 is 11.3 Å². The summed E-state index contributed by atoms with van der Waals surface area (Å²) in [6, 6.07) is 12.1. The lowest BCUT2D eigenvalue weighted by atomic mass is 10.1. The highest BCUT2D eigenvalue weighted by Gasteiger charge is 2.21. The average molecular weight is 336 g/mol. The van der Waals surface area contributed by atoms with Gasteiger partial charge in [0.05, 0.1) is 17.5 Å². The SMILES string of the molecule is N#Cc1c(-c2ccc(C3CCCO3)s2)cc(-c2ccc[nH]2)nc1N. The van der Waals surface area contributed by atoms with Crippen LogP contribution in [0.4, 0.5) is 5.82 Å². The van der Waals surface area contributed by atoms with Crippen molar-refractivity contribution >= 4 is 17.2 Å². The van der Waals surface area contributed by atoms with Crippen molar-refractivity contribution in [3.05, 3.63) is 47.0 Å². The summed E-state index contributed by atoms with van der Waals surface area (Å²) >= 11 is 1.66. The summed E-state index contributed by atoms with van der Waals surface area (Å²) in [6.45, 7) is 0.820. The monoisotopic (exact) mass is 336 g/mol. The van der Waals surface area contributed by atoms with Crippen LogP contribution in [-0.2, 0) is 4.74 Å². The zero-order valence-corrected chi connectivity index (χ0v) is 13.8. The Morgan fingerprint density at radius 3 is 3.00 bits per heavy atom. The first-order valence-corrected chi connectivity index (χ1v) is 8.64. The van der Waals surface area contributed by atoms with Gasteiger partial charge in [-0.3, -0.25) is 0 Å². The maximum Gasteiger partial charge on any atom is 0.142 e. The fraction of sp³-hybridized carbons (Fsp3) is 0.222. The van der Waals surface area contributed by atoms with Crippen LogP contribution in [-0.4, -0.2) is 16.6 Å². The summed E-state index contributed by atoms with van der Waals surface area (Å²) in [5.41, 5.74) is 8.90. The number of nitrogens with two attached hydrogens (primary N) is 1. The van der Waals surface area contributed by atoms with Gasteiger partial charge in [-0.2, -0.15) is 5.26 Å². The fourth-order valence-corrected chi connectivity index (χ4v) is 4.09. The zero-order chi connectivity index (χ0) is 16.5. The Bertz CT molecular complexity index is 902. The molecule has 0 spiro atoms. The van der Waals surface area contributed by atoms with Crippen LogP contribution < -0.4 is 5.73 Å². The molecule has 0 bridgehead atoms. The molecule has 3 N–H and O–H groups in total. The maximum absolute atomic E-state index is 9.50. The third-order valence-corrected chi connectivity index (χ3v) is 5.38. The lowest BCUT2D eigenvalue weighted by Gasteiger charge is -2.08. The minimum atomic E-state index is 0.177. The summed E-state index contributed by atoms with van der Waals surface area (Å²) in [6.07, 6.45) is 4.17. The van der Waals surface area contributed by atoms with E-state index in [1.807, 2.05) is 30.5 Å². The van der Waals surface area contributed by atoms with E-state index in [4.69, 9.17) is 10.5 Å². The van der Waals surface area contributed by atoms with E-state index in [1.165, 1.54) is 4.88 Å². The van der Waals surface area contributed by atoms with Gasteiger partial charge in [0.1, 0.15) is 17.5 Å². The number of ether oxygens (including phenoxy) is 1. The topological polar surface area (TPSA) is 87.7 Å². The van der Waals surface area contributed by atoms with Crippen molar-refractivity contribution in [2.45, 2.75) is 18.9 Å². The van der Waals surface area contributed by atoms with Crippen molar-refractivity contribution < 1.29 is 4.74 Å². The van der Waals surface area contributed by atoms with Crippen molar-refractivity contribution in [3.63, 3.8) is 0 Å². The normalized spacial score (nSPS) is 17.0. The molecule has 0 aromatic carbocycles. The van der Waals surface area contributed by atoms with Crippen LogP contribution in [0, 0.1) is 11.3 Å². The van der Waals surface area contributed by atoms with Gasteiger partial charge in [-0.15, -0.1) is 11.3 Å². The number of nitrogens with zero attached hydrogens (tertiary/aromatic N) is 2. The number of nitriles is 1. The molecule has 3 aromatic heterocycles. The van der Waals surface area contributed by atoms with E-state index in [9.17, 15) is 5.26 Å². The smallest absolute Gasteiger partial charge is 0.142 e. The third-order valence-electron chi connectivity index (χ3n) is 4.17. The molecule has 3 aromatic rings. The zero-order valence-electron chi connectivity index (χ0n) is 13.0. The minimum Gasteiger partial charge on any atom is -0.383 e. The fourth-order valence-electron chi connectivity index (χ4n) is 2.98. The lowest BCUT2D eigenvalue weighted by molar-refractivity contribution is 0.114. The molecule has 120 valence electrons. The Morgan fingerprint density at radius 1 is 1.38 bits per heavy atom. The number of H-pyrrole nitrogens is 1. The minimum absolute atomic E-state index is 0.177. The molecule has 0 amide bonds. The highest BCUT2D eigenvalue weighted by atomic mass is 32.1. The number of thiophene rings is 1. The van der Waals surface area contributed by atoms with E-state index >= 15 is 0 Å². The number of nitrogen functional groups attached to an aromatic ring is 1. The van der Waals surface area contributed by atoms with Crippen LogP contribution in [0.5, 0.6) is 0 Å². The molecule has 1 atom stereocenters. The molecule has 5 nitrogen and oxygen atoms in total. The molecule has 0 aliphatic carbocycles. The summed E-state index contributed by atoms with van der Waals surface area (Å²) < 4.78 is 5.75. The first-order chi connectivity index (χ1) is 11.8. The average Bonchev–Trinajstić information content (AvgIpc) is 3.35. The largest absolute Gasteiger partial charge is 0.383 e. The second-order valence-electron chi connectivity index (χ2n) is 5.71. The maximum atomic E-state index is 9.50. The van der Waals surface area contributed by atoms with Crippen molar-refractivity contribution in [3.8, 4) is 27.9 Å². The second-order valence-corrected chi connectivity index (χ2v) is 6.83. The van der Waals surface area contributed by atoms with Gasteiger partial charge in [0.25, 0.3) is 0 Å². The van der Waals surface area contributed by atoms with Gasteiger partial charge in [-0.1, -0.05) is 0 Å². The van der Waals surface area contributed by atoms with E-state index in [0.29, 0.717) is 5.56 Å². The molecule has 0 saturated carbocycles. The van der Waals surface area contributed by atoms with Crippen LogP contribution in [0.15, 0.2) is 36.5 Å². The number of hydrogen-bond acceptors (Lipinski definition) is 5. The predicted octanol–water partition coefficient (Wildman–Crippen LogP) is 4.11. The van der Waals surface area contributed by atoms with Crippen molar-refractivity contribution in [2.24, 2.45) is 0 Å². The molecule has 4 rings (SSSR count). The number of pyridine rings is 1. The molecule has 6 heteroatoms. The van der Waals surface area contributed by atoms with Gasteiger partial charge in [-0.25, -0.2) is 4.98 Å². The first kappa shape index (κ1) is 14.9. The molecule has 1 aliphatic rings. The predicted molar refractivity (Wildman–Crippen MR) is 94.4 cm³/mol. The number of anilines is 1. The van der Waals surface area contributed by atoms with Crippen molar-refractivity contribution in [2.75, 3.05) is 12.3 Å². The van der Waals surface area contributed by atoms with Gasteiger partial charge in [0.15, 0.2) is 0 Å². The Kier molecular flexibility index (Phi) is 3.81. The molecule has 1 aliphatic heterocycles. The van der Waals surface area contributed by atoms with Gasteiger partial charge < -0.3 is 15.5 Å². The van der Waals surface area contributed by atoms with Gasteiger partial charge >= 0.3 is 0 Å². The quantitative estimate of drug-likeness (QED) is 0.753. The molecule has 1 fully saturated rings. The Labute approximate surface area is 143 Å². The summed E-state index contributed by atoms with van der Waals surface area (Å²) in [5.74, 6) is 0.256. The van der Waals surface area contributed by atoms with E-state index in [0.717, 1.165) is 41.3 Å². The Morgan fingerprint density at radius 2 is 2.29 bits per heavy atom. The molecule has 1 unspecified atom stereocenters. The number of hydrogen-bond donors (Lipinski definition) is 2. The molecule has 24 heavy (non-hydrogen) atoms. The van der Waals surface area contributed by atoms with Crippen LogP contribution in [0.1, 0.15) is 29.4 Å². The summed E-state index contributed by atoms with van der Waals surface area (Å²) in [7, 11) is 0. The van der Waals surface area contributed by atoms with Crippen molar-refractivity contribution in [1.82, 2.24) is 9.97 Å². The molecular weight excluding hydrogens is 320 g/mol. The third kappa shape index (κ3) is 2.58.